The number of hydrogen-bond donors (Lipinski definition) is 0. The number of hydrogen-bond acceptors (Lipinski definition) is 1. The van der Waals surface area contributed by atoms with Crippen LogP contribution in [0.15, 0.2) is 0 Å². The molecule has 1 aliphatic rings. The van der Waals surface area contributed by atoms with Gasteiger partial charge in [-0.15, -0.1) is 0 Å². The zero-order valence-electron chi connectivity index (χ0n) is 10.1. The molecule has 88 valence electrons. The van der Waals surface area contributed by atoms with E-state index in [9.17, 15) is 4.79 Å². The minimum absolute atomic E-state index is 0.103. The fraction of sp³-hybridized carbons (Fsp3) is 0.917. The Morgan fingerprint density at radius 3 is 2.60 bits per heavy atom. The van der Waals surface area contributed by atoms with Crippen molar-refractivity contribution >= 4 is 21.8 Å². The van der Waals surface area contributed by atoms with Gasteiger partial charge in [-0.1, -0.05) is 36.7 Å². The van der Waals surface area contributed by atoms with Crippen molar-refractivity contribution in [3.8, 4) is 0 Å². The third-order valence-corrected chi connectivity index (χ3v) is 3.55. The maximum absolute atomic E-state index is 12.1. The summed E-state index contributed by atoms with van der Waals surface area (Å²) in [7, 11) is 0. The Bertz CT molecular complexity index is 222. The fourth-order valence-electron chi connectivity index (χ4n) is 2.04. The molecule has 1 aliphatic heterocycles. The second kappa shape index (κ2) is 5.33. The molecular weight excluding hydrogens is 254 g/mol. The third kappa shape index (κ3) is 4.13. The Kier molecular flexibility index (Phi) is 4.63. The van der Waals surface area contributed by atoms with E-state index in [0.29, 0.717) is 18.4 Å². The standard InChI is InChI=1S/C12H22BrNO/c1-12(2,3)8-11(15)14-7-5-4-6-10(14)9-13/h10H,4-9H2,1-3H3. The van der Waals surface area contributed by atoms with E-state index in [-0.39, 0.29) is 5.41 Å². The van der Waals surface area contributed by atoms with Crippen LogP contribution in [0, 0.1) is 5.41 Å². The molecule has 0 spiro atoms. The van der Waals surface area contributed by atoms with Gasteiger partial charge in [-0.25, -0.2) is 0 Å². The average molecular weight is 276 g/mol. The molecule has 0 bridgehead atoms. The van der Waals surface area contributed by atoms with Crippen molar-refractivity contribution in [2.75, 3.05) is 11.9 Å². The summed E-state index contributed by atoms with van der Waals surface area (Å²) in [6.45, 7) is 7.32. The molecule has 1 atom stereocenters. The van der Waals surface area contributed by atoms with Crippen molar-refractivity contribution in [3.05, 3.63) is 0 Å². The number of likely N-dealkylation sites (tertiary alicyclic amines) is 1. The smallest absolute Gasteiger partial charge is 0.223 e. The Hall–Kier alpha value is -0.0500. The summed E-state index contributed by atoms with van der Waals surface area (Å²) in [6, 6.07) is 0.425. The lowest BCUT2D eigenvalue weighted by Gasteiger charge is -2.36. The van der Waals surface area contributed by atoms with E-state index in [2.05, 4.69) is 41.6 Å². The van der Waals surface area contributed by atoms with E-state index in [1.807, 2.05) is 0 Å². The molecule has 1 heterocycles. The average Bonchev–Trinajstić information content (AvgIpc) is 2.15. The first-order chi connectivity index (χ1) is 6.94. The fourth-order valence-corrected chi connectivity index (χ4v) is 2.72. The summed E-state index contributed by atoms with van der Waals surface area (Å²) in [6.07, 6.45) is 4.24. The minimum atomic E-state index is 0.103. The van der Waals surface area contributed by atoms with Crippen molar-refractivity contribution in [2.24, 2.45) is 5.41 Å². The van der Waals surface area contributed by atoms with Crippen molar-refractivity contribution in [1.82, 2.24) is 4.90 Å². The van der Waals surface area contributed by atoms with Gasteiger partial charge in [0.15, 0.2) is 0 Å². The Morgan fingerprint density at radius 2 is 2.07 bits per heavy atom. The lowest BCUT2D eigenvalue weighted by atomic mass is 9.90. The number of nitrogens with zero attached hydrogens (tertiary/aromatic N) is 1. The SMILES string of the molecule is CC(C)(C)CC(=O)N1CCCCC1CBr. The monoisotopic (exact) mass is 275 g/mol. The summed E-state index contributed by atoms with van der Waals surface area (Å²) in [5, 5.41) is 0.920. The number of alkyl halides is 1. The number of amides is 1. The van der Waals surface area contributed by atoms with Crippen molar-refractivity contribution in [2.45, 2.75) is 52.5 Å². The van der Waals surface area contributed by atoms with Gasteiger partial charge in [-0.05, 0) is 24.7 Å². The molecule has 1 fully saturated rings. The highest BCUT2D eigenvalue weighted by molar-refractivity contribution is 9.09. The predicted molar refractivity (Wildman–Crippen MR) is 67.2 cm³/mol. The van der Waals surface area contributed by atoms with Gasteiger partial charge >= 0.3 is 0 Å². The highest BCUT2D eigenvalue weighted by Gasteiger charge is 2.28. The molecule has 1 rings (SSSR count). The second-order valence-electron chi connectivity index (χ2n) is 5.63. The molecule has 3 heteroatoms. The molecule has 1 amide bonds. The molecule has 15 heavy (non-hydrogen) atoms. The first-order valence-electron chi connectivity index (χ1n) is 5.79. The van der Waals surface area contributed by atoms with Crippen LogP contribution in [0.1, 0.15) is 46.5 Å². The highest BCUT2D eigenvalue weighted by Crippen LogP contribution is 2.24. The van der Waals surface area contributed by atoms with Gasteiger partial charge in [0.05, 0.1) is 0 Å². The van der Waals surface area contributed by atoms with E-state index in [4.69, 9.17) is 0 Å². The van der Waals surface area contributed by atoms with Crippen LogP contribution in [0.5, 0.6) is 0 Å². The summed E-state index contributed by atoms with van der Waals surface area (Å²) in [5.74, 6) is 0.326. The molecule has 0 radical (unpaired) electrons. The van der Waals surface area contributed by atoms with Crippen LogP contribution in [0.3, 0.4) is 0 Å². The van der Waals surface area contributed by atoms with Gasteiger partial charge in [-0.2, -0.15) is 0 Å². The second-order valence-corrected chi connectivity index (χ2v) is 6.28. The topological polar surface area (TPSA) is 20.3 Å². The molecule has 0 aromatic rings. The molecule has 0 N–H and O–H groups in total. The Labute approximate surface area is 102 Å². The molecular formula is C12H22BrNO. The quantitative estimate of drug-likeness (QED) is 0.709. The predicted octanol–water partition coefficient (Wildman–Crippen LogP) is 3.20. The summed E-state index contributed by atoms with van der Waals surface area (Å²) in [5.41, 5.74) is 0.103. The molecule has 1 unspecified atom stereocenters. The third-order valence-electron chi connectivity index (χ3n) is 2.81. The van der Waals surface area contributed by atoms with Crippen molar-refractivity contribution in [3.63, 3.8) is 0 Å². The Balaban J connectivity index is 2.56. The van der Waals surface area contributed by atoms with Crippen LogP contribution in [0.2, 0.25) is 0 Å². The van der Waals surface area contributed by atoms with Crippen molar-refractivity contribution in [1.29, 1.82) is 0 Å². The van der Waals surface area contributed by atoms with E-state index in [0.717, 1.165) is 18.3 Å². The minimum Gasteiger partial charge on any atom is -0.339 e. The number of rotatable bonds is 2. The van der Waals surface area contributed by atoms with Crippen LogP contribution in [0.4, 0.5) is 0 Å². The van der Waals surface area contributed by atoms with Gasteiger partial charge in [-0.3, -0.25) is 4.79 Å². The van der Waals surface area contributed by atoms with Gasteiger partial charge in [0, 0.05) is 24.3 Å². The van der Waals surface area contributed by atoms with Gasteiger partial charge in [0.1, 0.15) is 0 Å². The summed E-state index contributed by atoms with van der Waals surface area (Å²) >= 11 is 3.51. The van der Waals surface area contributed by atoms with Crippen LogP contribution < -0.4 is 0 Å². The number of carbonyl (C=O) groups excluding carboxylic acids is 1. The van der Waals surface area contributed by atoms with Gasteiger partial charge in [0.2, 0.25) is 5.91 Å². The zero-order valence-corrected chi connectivity index (χ0v) is 11.6. The molecule has 0 aliphatic carbocycles. The lowest BCUT2D eigenvalue weighted by molar-refractivity contribution is -0.136. The Morgan fingerprint density at radius 1 is 1.40 bits per heavy atom. The molecule has 0 aromatic heterocycles. The van der Waals surface area contributed by atoms with E-state index in [1.165, 1.54) is 12.8 Å². The molecule has 2 nitrogen and oxygen atoms in total. The molecule has 1 saturated heterocycles. The van der Waals surface area contributed by atoms with Crippen molar-refractivity contribution < 1.29 is 4.79 Å². The summed E-state index contributed by atoms with van der Waals surface area (Å²) in [4.78, 5) is 14.2. The van der Waals surface area contributed by atoms with Crippen LogP contribution in [-0.4, -0.2) is 28.7 Å². The number of piperidine rings is 1. The maximum Gasteiger partial charge on any atom is 0.223 e. The first kappa shape index (κ1) is 13.0. The number of halogens is 1. The normalized spacial score (nSPS) is 22.9. The van der Waals surface area contributed by atoms with Crippen LogP contribution in [-0.2, 0) is 4.79 Å². The zero-order chi connectivity index (χ0) is 11.5. The van der Waals surface area contributed by atoms with Crippen LogP contribution >= 0.6 is 15.9 Å². The molecule has 0 saturated carbocycles. The van der Waals surface area contributed by atoms with E-state index < -0.39 is 0 Å². The van der Waals surface area contributed by atoms with Gasteiger partial charge in [0.25, 0.3) is 0 Å². The van der Waals surface area contributed by atoms with E-state index >= 15 is 0 Å². The highest BCUT2D eigenvalue weighted by atomic mass is 79.9. The largest absolute Gasteiger partial charge is 0.339 e. The van der Waals surface area contributed by atoms with E-state index in [1.54, 1.807) is 0 Å². The van der Waals surface area contributed by atoms with Gasteiger partial charge < -0.3 is 4.90 Å². The summed E-state index contributed by atoms with van der Waals surface area (Å²) < 4.78 is 0. The first-order valence-corrected chi connectivity index (χ1v) is 6.91. The number of carbonyl (C=O) groups is 1. The maximum atomic E-state index is 12.1. The lowest BCUT2D eigenvalue weighted by Crippen LogP contribution is -2.45. The molecule has 0 aromatic carbocycles. The van der Waals surface area contributed by atoms with Crippen LogP contribution in [0.25, 0.3) is 0 Å².